The van der Waals surface area contributed by atoms with E-state index in [0.717, 1.165) is 23.3 Å². The van der Waals surface area contributed by atoms with Crippen molar-refractivity contribution in [3.05, 3.63) is 35.2 Å². The SMILES string of the molecule is Cc1nn(C)c(C(=O)O)c1-c1cccc2c1OCC2. The first kappa shape index (κ1) is 11.8. The second-order valence-corrected chi connectivity index (χ2v) is 4.63. The summed E-state index contributed by atoms with van der Waals surface area (Å²) in [7, 11) is 1.64. The van der Waals surface area contributed by atoms with Crippen molar-refractivity contribution < 1.29 is 14.6 Å². The Balaban J connectivity index is 2.29. The quantitative estimate of drug-likeness (QED) is 0.895. The van der Waals surface area contributed by atoms with Gasteiger partial charge in [0.05, 0.1) is 12.3 Å². The van der Waals surface area contributed by atoms with Crippen LogP contribution >= 0.6 is 0 Å². The van der Waals surface area contributed by atoms with Crippen LogP contribution < -0.4 is 4.74 Å². The second kappa shape index (κ2) is 4.12. The van der Waals surface area contributed by atoms with E-state index in [1.165, 1.54) is 4.68 Å². The lowest BCUT2D eigenvalue weighted by Gasteiger charge is -2.08. The molecule has 0 amide bonds. The van der Waals surface area contributed by atoms with Crippen molar-refractivity contribution in [3.63, 3.8) is 0 Å². The summed E-state index contributed by atoms with van der Waals surface area (Å²) >= 11 is 0. The first-order valence-electron chi connectivity index (χ1n) is 6.11. The largest absolute Gasteiger partial charge is 0.492 e. The zero-order chi connectivity index (χ0) is 13.6. The summed E-state index contributed by atoms with van der Waals surface area (Å²) in [5, 5.41) is 13.6. The van der Waals surface area contributed by atoms with E-state index in [-0.39, 0.29) is 5.69 Å². The smallest absolute Gasteiger partial charge is 0.354 e. The molecule has 0 spiro atoms. The summed E-state index contributed by atoms with van der Waals surface area (Å²) in [6.45, 7) is 2.46. The molecule has 0 atom stereocenters. The molecule has 5 heteroatoms. The molecule has 1 aromatic heterocycles. The minimum Gasteiger partial charge on any atom is -0.492 e. The molecule has 0 saturated heterocycles. The number of rotatable bonds is 2. The van der Waals surface area contributed by atoms with Crippen LogP contribution in [0.3, 0.4) is 0 Å². The topological polar surface area (TPSA) is 64.4 Å². The van der Waals surface area contributed by atoms with Crippen LogP contribution in [0.1, 0.15) is 21.7 Å². The molecule has 0 saturated carbocycles. The van der Waals surface area contributed by atoms with Gasteiger partial charge >= 0.3 is 5.97 Å². The lowest BCUT2D eigenvalue weighted by Crippen LogP contribution is -2.07. The zero-order valence-electron chi connectivity index (χ0n) is 10.8. The molecule has 0 radical (unpaired) electrons. The summed E-state index contributed by atoms with van der Waals surface area (Å²) in [5.74, 6) is -0.185. The van der Waals surface area contributed by atoms with E-state index in [1.807, 2.05) is 25.1 Å². The molecule has 0 aliphatic carbocycles. The van der Waals surface area contributed by atoms with Crippen LogP contribution in [0.15, 0.2) is 18.2 Å². The number of aromatic carboxylic acids is 1. The van der Waals surface area contributed by atoms with Gasteiger partial charge in [0.15, 0.2) is 5.69 Å². The second-order valence-electron chi connectivity index (χ2n) is 4.63. The summed E-state index contributed by atoms with van der Waals surface area (Å²) in [5.41, 5.74) is 3.48. The first-order valence-corrected chi connectivity index (χ1v) is 6.11. The Bertz CT molecular complexity index is 674. The van der Waals surface area contributed by atoms with Crippen molar-refractivity contribution >= 4 is 5.97 Å². The summed E-state index contributed by atoms with van der Waals surface area (Å²) in [4.78, 5) is 11.4. The number of fused-ring (bicyclic) bond motifs is 1. The predicted molar refractivity (Wildman–Crippen MR) is 69.5 cm³/mol. The predicted octanol–water partition coefficient (Wildman–Crippen LogP) is 2.03. The Labute approximate surface area is 110 Å². The van der Waals surface area contributed by atoms with Crippen LogP contribution in [0.4, 0.5) is 0 Å². The van der Waals surface area contributed by atoms with E-state index in [2.05, 4.69) is 5.10 Å². The molecule has 3 rings (SSSR count). The first-order chi connectivity index (χ1) is 9.09. The van der Waals surface area contributed by atoms with Gasteiger partial charge in [-0.2, -0.15) is 5.10 Å². The molecule has 98 valence electrons. The minimum atomic E-state index is -0.978. The van der Waals surface area contributed by atoms with Crippen molar-refractivity contribution in [1.82, 2.24) is 9.78 Å². The summed E-state index contributed by atoms with van der Waals surface area (Å²) in [6.07, 6.45) is 0.866. The third-order valence-corrected chi connectivity index (χ3v) is 3.41. The Morgan fingerprint density at radius 3 is 3.00 bits per heavy atom. The van der Waals surface area contributed by atoms with Gasteiger partial charge in [0, 0.05) is 24.6 Å². The number of carboxylic acid groups (broad SMARTS) is 1. The molecule has 5 nitrogen and oxygen atoms in total. The van der Waals surface area contributed by atoms with E-state index in [1.54, 1.807) is 7.05 Å². The Morgan fingerprint density at radius 1 is 1.47 bits per heavy atom. The molecule has 0 fully saturated rings. The highest BCUT2D eigenvalue weighted by atomic mass is 16.5. The molecular weight excluding hydrogens is 244 g/mol. The summed E-state index contributed by atoms with van der Waals surface area (Å²) in [6, 6.07) is 5.83. The van der Waals surface area contributed by atoms with Gasteiger partial charge in [0.1, 0.15) is 5.75 Å². The summed E-state index contributed by atoms with van der Waals surface area (Å²) < 4.78 is 7.06. The number of para-hydroxylation sites is 1. The van der Waals surface area contributed by atoms with Crippen LogP contribution in [-0.4, -0.2) is 27.5 Å². The van der Waals surface area contributed by atoms with Crippen LogP contribution in [0, 0.1) is 6.92 Å². The van der Waals surface area contributed by atoms with E-state index in [0.29, 0.717) is 17.9 Å². The number of hydrogen-bond donors (Lipinski definition) is 1. The molecule has 2 heterocycles. The van der Waals surface area contributed by atoms with Gasteiger partial charge in [-0.1, -0.05) is 18.2 Å². The molecule has 2 aromatic rings. The fourth-order valence-corrected chi connectivity index (χ4v) is 2.64. The van der Waals surface area contributed by atoms with Gasteiger partial charge < -0.3 is 9.84 Å². The highest BCUT2D eigenvalue weighted by Gasteiger charge is 2.25. The van der Waals surface area contributed by atoms with Crippen molar-refractivity contribution in [2.75, 3.05) is 6.61 Å². The average molecular weight is 258 g/mol. The molecule has 1 aliphatic rings. The van der Waals surface area contributed by atoms with Crippen LogP contribution in [0.2, 0.25) is 0 Å². The van der Waals surface area contributed by atoms with Crippen LogP contribution in [0.5, 0.6) is 5.75 Å². The number of carbonyl (C=O) groups is 1. The van der Waals surface area contributed by atoms with Crippen LogP contribution in [0.25, 0.3) is 11.1 Å². The monoisotopic (exact) mass is 258 g/mol. The molecule has 1 aromatic carbocycles. The maximum absolute atomic E-state index is 11.4. The van der Waals surface area contributed by atoms with E-state index < -0.39 is 5.97 Å². The minimum absolute atomic E-state index is 0.196. The fourth-order valence-electron chi connectivity index (χ4n) is 2.64. The molecule has 19 heavy (non-hydrogen) atoms. The van der Waals surface area contributed by atoms with Gasteiger partial charge in [-0.25, -0.2) is 4.79 Å². The van der Waals surface area contributed by atoms with Crippen molar-refractivity contribution in [2.24, 2.45) is 7.05 Å². The van der Waals surface area contributed by atoms with Gasteiger partial charge in [-0.05, 0) is 12.5 Å². The number of carboxylic acids is 1. The van der Waals surface area contributed by atoms with E-state index >= 15 is 0 Å². The Morgan fingerprint density at radius 2 is 2.26 bits per heavy atom. The number of aryl methyl sites for hydroxylation is 2. The highest BCUT2D eigenvalue weighted by Crippen LogP contribution is 2.39. The number of benzene rings is 1. The normalized spacial score (nSPS) is 13.2. The lowest BCUT2D eigenvalue weighted by atomic mass is 9.99. The van der Waals surface area contributed by atoms with Crippen molar-refractivity contribution in [1.29, 1.82) is 0 Å². The number of hydrogen-bond acceptors (Lipinski definition) is 3. The third kappa shape index (κ3) is 1.69. The van der Waals surface area contributed by atoms with Gasteiger partial charge in [-0.15, -0.1) is 0 Å². The average Bonchev–Trinajstić information content (AvgIpc) is 2.92. The van der Waals surface area contributed by atoms with Gasteiger partial charge in [0.2, 0.25) is 0 Å². The molecule has 0 unspecified atom stereocenters. The fraction of sp³-hybridized carbons (Fsp3) is 0.286. The zero-order valence-corrected chi connectivity index (χ0v) is 10.8. The molecule has 1 aliphatic heterocycles. The highest BCUT2D eigenvalue weighted by molar-refractivity contribution is 5.96. The van der Waals surface area contributed by atoms with E-state index in [4.69, 9.17) is 4.74 Å². The van der Waals surface area contributed by atoms with E-state index in [9.17, 15) is 9.90 Å². The maximum Gasteiger partial charge on any atom is 0.354 e. The number of aromatic nitrogens is 2. The standard InChI is InChI=1S/C14H14N2O3/c1-8-11(12(14(17)18)16(2)15-8)10-5-3-4-9-6-7-19-13(9)10/h3-5H,6-7H2,1-2H3,(H,17,18). The Kier molecular flexibility index (Phi) is 2.55. The number of ether oxygens (including phenoxy) is 1. The third-order valence-electron chi connectivity index (χ3n) is 3.41. The lowest BCUT2D eigenvalue weighted by molar-refractivity contribution is 0.0686. The van der Waals surface area contributed by atoms with Crippen LogP contribution in [-0.2, 0) is 13.5 Å². The maximum atomic E-state index is 11.4. The molecule has 1 N–H and O–H groups in total. The molecule has 0 bridgehead atoms. The van der Waals surface area contributed by atoms with Gasteiger partial charge in [-0.3, -0.25) is 4.68 Å². The Hall–Kier alpha value is -2.30. The number of nitrogens with zero attached hydrogens (tertiary/aromatic N) is 2. The molecular formula is C14H14N2O3. The van der Waals surface area contributed by atoms with Crippen molar-refractivity contribution in [3.8, 4) is 16.9 Å². The van der Waals surface area contributed by atoms with Crippen molar-refractivity contribution in [2.45, 2.75) is 13.3 Å². The van der Waals surface area contributed by atoms with Gasteiger partial charge in [0.25, 0.3) is 0 Å².